The van der Waals surface area contributed by atoms with Gasteiger partial charge >= 0.3 is 0 Å². The lowest BCUT2D eigenvalue weighted by atomic mass is 9.83. The van der Waals surface area contributed by atoms with E-state index in [2.05, 4.69) is 17.2 Å². The molecule has 1 aliphatic heterocycles. The summed E-state index contributed by atoms with van der Waals surface area (Å²) in [5.74, 6) is 0.237. The molecule has 0 bridgehead atoms. The molecule has 0 spiro atoms. The predicted molar refractivity (Wildman–Crippen MR) is 70.9 cm³/mol. The molecule has 1 unspecified atom stereocenters. The van der Waals surface area contributed by atoms with E-state index in [1.165, 1.54) is 0 Å². The van der Waals surface area contributed by atoms with Crippen molar-refractivity contribution in [3.8, 4) is 0 Å². The molecule has 1 aromatic heterocycles. The second kappa shape index (κ2) is 5.48. The Morgan fingerprint density at radius 1 is 1.56 bits per heavy atom. The fourth-order valence-electron chi connectivity index (χ4n) is 2.59. The van der Waals surface area contributed by atoms with Crippen LogP contribution in [-0.2, 0) is 11.3 Å². The molecule has 18 heavy (non-hydrogen) atoms. The van der Waals surface area contributed by atoms with Crippen LogP contribution in [-0.4, -0.2) is 35.9 Å². The van der Waals surface area contributed by atoms with Gasteiger partial charge in [0.1, 0.15) is 0 Å². The van der Waals surface area contributed by atoms with E-state index < -0.39 is 0 Å². The summed E-state index contributed by atoms with van der Waals surface area (Å²) in [7, 11) is 1.87. The monoisotopic (exact) mass is 247 g/mol. The fraction of sp³-hybridized carbons (Fsp3) is 0.571. The molecule has 1 aromatic rings. The van der Waals surface area contributed by atoms with Crippen LogP contribution in [0.25, 0.3) is 0 Å². The molecule has 0 aliphatic carbocycles. The topological polar surface area (TPSA) is 45.2 Å². The second-order valence-corrected chi connectivity index (χ2v) is 5.04. The molecule has 0 radical (unpaired) electrons. The summed E-state index contributed by atoms with van der Waals surface area (Å²) in [4.78, 5) is 18.6. The number of nitrogens with zero attached hydrogens (tertiary/aromatic N) is 2. The predicted octanol–water partition coefficient (Wildman–Crippen LogP) is 1.43. The molecule has 1 saturated heterocycles. The van der Waals surface area contributed by atoms with Crippen LogP contribution in [0.5, 0.6) is 0 Å². The van der Waals surface area contributed by atoms with Gasteiger partial charge in [0.05, 0.1) is 17.7 Å². The summed E-state index contributed by atoms with van der Waals surface area (Å²) in [6.45, 7) is 4.42. The molecule has 1 N–H and O–H groups in total. The lowest BCUT2D eigenvalue weighted by molar-refractivity contribution is -0.140. The molecular formula is C14H21N3O. The molecule has 98 valence electrons. The van der Waals surface area contributed by atoms with Crippen LogP contribution in [0, 0.1) is 5.41 Å². The van der Waals surface area contributed by atoms with Crippen LogP contribution in [0.3, 0.4) is 0 Å². The van der Waals surface area contributed by atoms with Crippen LogP contribution in [0.15, 0.2) is 24.4 Å². The summed E-state index contributed by atoms with van der Waals surface area (Å²) in [6.07, 6.45) is 3.60. The Morgan fingerprint density at radius 3 is 2.94 bits per heavy atom. The smallest absolute Gasteiger partial charge is 0.230 e. The van der Waals surface area contributed by atoms with Crippen molar-refractivity contribution in [2.75, 3.05) is 20.1 Å². The number of amides is 1. The third-order valence-corrected chi connectivity index (χ3v) is 3.85. The lowest BCUT2D eigenvalue weighted by Gasteiger charge is -2.30. The number of carbonyl (C=O) groups excluding carboxylic acids is 1. The van der Waals surface area contributed by atoms with Gasteiger partial charge < -0.3 is 10.2 Å². The number of rotatable bonds is 4. The van der Waals surface area contributed by atoms with Gasteiger partial charge in [-0.25, -0.2) is 0 Å². The average molecular weight is 247 g/mol. The second-order valence-electron chi connectivity index (χ2n) is 5.04. The molecule has 0 saturated carbocycles. The first-order valence-electron chi connectivity index (χ1n) is 6.54. The molecule has 1 atom stereocenters. The van der Waals surface area contributed by atoms with Gasteiger partial charge in [-0.3, -0.25) is 9.78 Å². The zero-order valence-electron chi connectivity index (χ0n) is 11.1. The van der Waals surface area contributed by atoms with Gasteiger partial charge in [-0.05, 0) is 31.5 Å². The summed E-state index contributed by atoms with van der Waals surface area (Å²) >= 11 is 0. The summed E-state index contributed by atoms with van der Waals surface area (Å²) in [6, 6.07) is 5.79. The van der Waals surface area contributed by atoms with Crippen LogP contribution in [0.1, 0.15) is 25.5 Å². The van der Waals surface area contributed by atoms with Gasteiger partial charge in [-0.2, -0.15) is 0 Å². The molecule has 2 heterocycles. The molecule has 4 nitrogen and oxygen atoms in total. The number of carbonyl (C=O) groups is 1. The lowest BCUT2D eigenvalue weighted by Crippen LogP contribution is -2.43. The van der Waals surface area contributed by atoms with Gasteiger partial charge in [-0.1, -0.05) is 13.0 Å². The molecule has 0 aromatic carbocycles. The van der Waals surface area contributed by atoms with Crippen molar-refractivity contribution in [2.24, 2.45) is 5.41 Å². The maximum Gasteiger partial charge on any atom is 0.230 e. The van der Waals surface area contributed by atoms with E-state index in [4.69, 9.17) is 0 Å². The molecule has 1 amide bonds. The largest absolute Gasteiger partial charge is 0.339 e. The standard InChI is InChI=1S/C14H21N3O/c1-3-14(7-9-15-11-14)13(18)17(2)10-12-6-4-5-8-16-12/h4-6,8,15H,3,7,9-11H2,1-2H3. The third kappa shape index (κ3) is 2.53. The molecule has 1 fully saturated rings. The van der Waals surface area contributed by atoms with E-state index in [0.717, 1.165) is 31.6 Å². The van der Waals surface area contributed by atoms with Crippen LogP contribution >= 0.6 is 0 Å². The summed E-state index contributed by atoms with van der Waals surface area (Å²) in [5, 5.41) is 3.30. The average Bonchev–Trinajstić information content (AvgIpc) is 2.89. The van der Waals surface area contributed by atoms with E-state index in [9.17, 15) is 4.79 Å². The van der Waals surface area contributed by atoms with Crippen molar-refractivity contribution < 1.29 is 4.79 Å². The highest BCUT2D eigenvalue weighted by molar-refractivity contribution is 5.83. The zero-order valence-corrected chi connectivity index (χ0v) is 11.1. The quantitative estimate of drug-likeness (QED) is 0.875. The van der Waals surface area contributed by atoms with Crippen molar-refractivity contribution in [1.82, 2.24) is 15.2 Å². The van der Waals surface area contributed by atoms with Crippen molar-refractivity contribution in [3.05, 3.63) is 30.1 Å². The molecule has 2 rings (SSSR count). The van der Waals surface area contributed by atoms with Crippen molar-refractivity contribution in [1.29, 1.82) is 0 Å². The van der Waals surface area contributed by atoms with Crippen molar-refractivity contribution in [3.63, 3.8) is 0 Å². The minimum atomic E-state index is -0.205. The maximum atomic E-state index is 12.6. The highest BCUT2D eigenvalue weighted by atomic mass is 16.2. The first-order chi connectivity index (χ1) is 8.68. The Balaban J connectivity index is 2.04. The minimum absolute atomic E-state index is 0.205. The highest BCUT2D eigenvalue weighted by Crippen LogP contribution is 2.31. The number of nitrogens with one attached hydrogen (secondary N) is 1. The van der Waals surface area contributed by atoms with E-state index in [1.807, 2.05) is 25.2 Å². The van der Waals surface area contributed by atoms with Crippen molar-refractivity contribution in [2.45, 2.75) is 26.3 Å². The normalized spacial score (nSPS) is 23.0. The number of hydrogen-bond acceptors (Lipinski definition) is 3. The van der Waals surface area contributed by atoms with E-state index >= 15 is 0 Å². The van der Waals surface area contributed by atoms with Gasteiger partial charge in [0, 0.05) is 19.8 Å². The Hall–Kier alpha value is -1.42. The Morgan fingerprint density at radius 2 is 2.39 bits per heavy atom. The van der Waals surface area contributed by atoms with Gasteiger partial charge in [0.15, 0.2) is 0 Å². The maximum absolute atomic E-state index is 12.6. The third-order valence-electron chi connectivity index (χ3n) is 3.85. The van der Waals surface area contributed by atoms with Crippen LogP contribution < -0.4 is 5.32 Å². The van der Waals surface area contributed by atoms with Crippen LogP contribution in [0.4, 0.5) is 0 Å². The van der Waals surface area contributed by atoms with E-state index in [1.54, 1.807) is 11.1 Å². The van der Waals surface area contributed by atoms with Gasteiger partial charge in [0.25, 0.3) is 0 Å². The van der Waals surface area contributed by atoms with Gasteiger partial charge in [0.2, 0.25) is 5.91 Å². The first kappa shape index (κ1) is 13.0. The Labute approximate surface area is 108 Å². The SMILES string of the molecule is CCC1(C(=O)N(C)Cc2ccccn2)CCNC1. The first-order valence-corrected chi connectivity index (χ1v) is 6.54. The summed E-state index contributed by atoms with van der Waals surface area (Å²) in [5.41, 5.74) is 0.731. The number of aromatic nitrogens is 1. The Kier molecular flexibility index (Phi) is 3.97. The minimum Gasteiger partial charge on any atom is -0.339 e. The fourth-order valence-corrected chi connectivity index (χ4v) is 2.59. The zero-order chi connectivity index (χ0) is 13.0. The van der Waals surface area contributed by atoms with E-state index in [0.29, 0.717) is 6.54 Å². The van der Waals surface area contributed by atoms with E-state index in [-0.39, 0.29) is 11.3 Å². The molecule has 4 heteroatoms. The van der Waals surface area contributed by atoms with Gasteiger partial charge in [-0.15, -0.1) is 0 Å². The molecule has 1 aliphatic rings. The summed E-state index contributed by atoms with van der Waals surface area (Å²) < 4.78 is 0. The number of hydrogen-bond donors (Lipinski definition) is 1. The Bertz CT molecular complexity index is 399. The number of pyridine rings is 1. The molecular weight excluding hydrogens is 226 g/mol. The van der Waals surface area contributed by atoms with Crippen molar-refractivity contribution >= 4 is 5.91 Å². The van der Waals surface area contributed by atoms with Crippen LogP contribution in [0.2, 0.25) is 0 Å². The highest BCUT2D eigenvalue weighted by Gasteiger charge is 2.41.